The van der Waals surface area contributed by atoms with Crippen molar-refractivity contribution in [3.63, 3.8) is 0 Å². The highest BCUT2D eigenvalue weighted by atomic mass is 19.4. The molecule has 0 N–H and O–H groups in total. The van der Waals surface area contributed by atoms with E-state index < -0.39 is 11.7 Å². The highest BCUT2D eigenvalue weighted by molar-refractivity contribution is 5.95. The fourth-order valence-corrected chi connectivity index (χ4v) is 2.45. The predicted octanol–water partition coefficient (Wildman–Crippen LogP) is 3.11. The topological polar surface area (TPSA) is 23.6 Å². The molecule has 1 aliphatic carbocycles. The largest absolute Gasteiger partial charge is 0.418 e. The van der Waals surface area contributed by atoms with Gasteiger partial charge in [0, 0.05) is 19.1 Å². The van der Waals surface area contributed by atoms with E-state index in [1.165, 1.54) is 23.1 Å². The van der Waals surface area contributed by atoms with Gasteiger partial charge in [-0.3, -0.25) is 4.90 Å². The van der Waals surface area contributed by atoms with Gasteiger partial charge in [-0.2, -0.15) is 13.2 Å². The maximum Gasteiger partial charge on any atom is 0.418 e. The van der Waals surface area contributed by atoms with Gasteiger partial charge in [0.2, 0.25) is 0 Å². The number of hydrogen-bond acceptors (Lipinski definition) is 1. The van der Waals surface area contributed by atoms with Crippen LogP contribution in [-0.4, -0.2) is 30.1 Å². The molecule has 6 heteroatoms. The van der Waals surface area contributed by atoms with E-state index in [4.69, 9.17) is 0 Å². The smallest absolute Gasteiger partial charge is 0.320 e. The van der Waals surface area contributed by atoms with Crippen LogP contribution in [-0.2, 0) is 6.18 Å². The van der Waals surface area contributed by atoms with Crippen molar-refractivity contribution < 1.29 is 18.0 Å². The number of alkyl halides is 3. The first-order chi connectivity index (χ1) is 8.98. The first-order valence-electron chi connectivity index (χ1n) is 6.23. The minimum atomic E-state index is -4.44. The molecule has 102 valence electrons. The van der Waals surface area contributed by atoms with Gasteiger partial charge < -0.3 is 4.90 Å². The summed E-state index contributed by atoms with van der Waals surface area (Å²) in [5.74, 6) is 0. The number of nitrogens with zero attached hydrogens (tertiary/aromatic N) is 2. The lowest BCUT2D eigenvalue weighted by molar-refractivity contribution is -0.137. The lowest BCUT2D eigenvalue weighted by atomic mass is 10.1. The fourth-order valence-electron chi connectivity index (χ4n) is 2.45. The first kappa shape index (κ1) is 12.3. The number of amides is 2. The third-order valence-electron chi connectivity index (χ3n) is 3.53. The number of anilines is 1. The van der Waals surface area contributed by atoms with E-state index in [9.17, 15) is 18.0 Å². The monoisotopic (exact) mass is 270 g/mol. The zero-order chi connectivity index (χ0) is 13.6. The van der Waals surface area contributed by atoms with Gasteiger partial charge in [-0.25, -0.2) is 4.79 Å². The summed E-state index contributed by atoms with van der Waals surface area (Å²) in [4.78, 5) is 15.1. The first-order valence-corrected chi connectivity index (χ1v) is 6.23. The number of hydrogen-bond donors (Lipinski definition) is 0. The minimum absolute atomic E-state index is 0.0387. The molecule has 0 spiro atoms. The van der Waals surface area contributed by atoms with Gasteiger partial charge in [-0.1, -0.05) is 12.1 Å². The number of benzene rings is 1. The van der Waals surface area contributed by atoms with Crippen LogP contribution in [0.2, 0.25) is 0 Å². The second-order valence-corrected chi connectivity index (χ2v) is 4.87. The van der Waals surface area contributed by atoms with Gasteiger partial charge in [0.15, 0.2) is 0 Å². The Balaban J connectivity index is 1.92. The molecule has 2 aliphatic rings. The zero-order valence-electron chi connectivity index (χ0n) is 10.2. The lowest BCUT2D eigenvalue weighted by Crippen LogP contribution is -2.34. The Kier molecular flexibility index (Phi) is 2.69. The van der Waals surface area contributed by atoms with E-state index >= 15 is 0 Å². The molecule has 2 fully saturated rings. The highest BCUT2D eigenvalue weighted by Crippen LogP contribution is 2.39. The van der Waals surface area contributed by atoms with E-state index in [0.29, 0.717) is 13.1 Å². The molecule has 0 atom stereocenters. The molecular formula is C13H13F3N2O. The second-order valence-electron chi connectivity index (χ2n) is 4.87. The Hall–Kier alpha value is -1.72. The van der Waals surface area contributed by atoms with Crippen LogP contribution in [0.1, 0.15) is 18.4 Å². The fraction of sp³-hybridized carbons (Fsp3) is 0.462. The summed E-state index contributed by atoms with van der Waals surface area (Å²) in [6.45, 7) is 0.831. The molecule has 3 nitrogen and oxygen atoms in total. The molecule has 0 unspecified atom stereocenters. The summed E-state index contributed by atoms with van der Waals surface area (Å²) < 4.78 is 38.8. The van der Waals surface area contributed by atoms with Gasteiger partial charge in [-0.15, -0.1) is 0 Å². The average molecular weight is 270 g/mol. The molecular weight excluding hydrogens is 257 g/mol. The van der Waals surface area contributed by atoms with Gasteiger partial charge in [0.05, 0.1) is 11.3 Å². The number of urea groups is 1. The van der Waals surface area contributed by atoms with Crippen molar-refractivity contribution in [1.82, 2.24) is 4.90 Å². The SMILES string of the molecule is O=C1N(c2ccccc2C(F)(F)F)CCN1C1CC1. The van der Waals surface area contributed by atoms with Gasteiger partial charge in [-0.05, 0) is 25.0 Å². The quantitative estimate of drug-likeness (QED) is 0.810. The molecule has 1 saturated carbocycles. The number of para-hydroxylation sites is 1. The summed E-state index contributed by atoms with van der Waals surface area (Å²) in [6, 6.07) is 5.16. The molecule has 0 radical (unpaired) electrons. The van der Waals surface area contributed by atoms with Gasteiger partial charge in [0.25, 0.3) is 0 Å². The van der Waals surface area contributed by atoms with Crippen LogP contribution in [0.4, 0.5) is 23.7 Å². The molecule has 3 rings (SSSR count). The molecule has 1 aromatic rings. The Morgan fingerprint density at radius 3 is 2.42 bits per heavy atom. The van der Waals surface area contributed by atoms with Gasteiger partial charge in [0.1, 0.15) is 0 Å². The number of carbonyl (C=O) groups excluding carboxylic acids is 1. The molecule has 0 aromatic heterocycles. The molecule has 1 saturated heterocycles. The van der Waals surface area contributed by atoms with E-state index in [-0.39, 0.29) is 17.8 Å². The Labute approximate surface area is 108 Å². The Morgan fingerprint density at radius 2 is 1.79 bits per heavy atom. The molecule has 2 amide bonds. The van der Waals surface area contributed by atoms with E-state index in [0.717, 1.165) is 18.9 Å². The molecule has 1 heterocycles. The third-order valence-corrected chi connectivity index (χ3v) is 3.53. The molecule has 1 aliphatic heterocycles. The molecule has 19 heavy (non-hydrogen) atoms. The summed E-state index contributed by atoms with van der Waals surface area (Å²) in [7, 11) is 0. The minimum Gasteiger partial charge on any atom is -0.320 e. The molecule has 1 aromatic carbocycles. The van der Waals surface area contributed by atoms with Crippen LogP contribution >= 0.6 is 0 Å². The summed E-state index contributed by atoms with van der Waals surface area (Å²) >= 11 is 0. The van der Waals surface area contributed by atoms with Crippen molar-refractivity contribution in [3.05, 3.63) is 29.8 Å². The van der Waals surface area contributed by atoms with Crippen LogP contribution in [0.15, 0.2) is 24.3 Å². The maximum atomic E-state index is 12.9. The van der Waals surface area contributed by atoms with Crippen LogP contribution in [0.25, 0.3) is 0 Å². The normalized spacial score (nSPS) is 20.3. The van der Waals surface area contributed by atoms with Crippen molar-refractivity contribution in [3.8, 4) is 0 Å². The number of halogens is 3. The maximum absolute atomic E-state index is 12.9. The average Bonchev–Trinajstić information content (AvgIpc) is 3.12. The van der Waals surface area contributed by atoms with E-state index in [2.05, 4.69) is 0 Å². The summed E-state index contributed by atoms with van der Waals surface area (Å²) in [6.07, 6.45) is -2.52. The summed E-state index contributed by atoms with van der Waals surface area (Å²) in [5, 5.41) is 0. The zero-order valence-corrected chi connectivity index (χ0v) is 10.2. The van der Waals surface area contributed by atoms with Crippen LogP contribution in [0.5, 0.6) is 0 Å². The number of carbonyl (C=O) groups is 1. The molecule has 0 bridgehead atoms. The second kappa shape index (κ2) is 4.15. The van der Waals surface area contributed by atoms with E-state index in [1.807, 2.05) is 0 Å². The standard InChI is InChI=1S/C13H13F3N2O/c14-13(15,16)10-3-1-2-4-11(10)18-8-7-17(12(18)19)9-5-6-9/h1-4,9H,5-8H2. The Morgan fingerprint density at radius 1 is 1.11 bits per heavy atom. The van der Waals surface area contributed by atoms with E-state index in [1.54, 1.807) is 4.90 Å². The summed E-state index contributed by atoms with van der Waals surface area (Å²) in [5.41, 5.74) is -0.788. The third kappa shape index (κ3) is 2.15. The lowest BCUT2D eigenvalue weighted by Gasteiger charge is -2.21. The van der Waals surface area contributed by atoms with Crippen molar-refractivity contribution in [1.29, 1.82) is 0 Å². The Bertz CT molecular complexity index is 511. The van der Waals surface area contributed by atoms with Crippen molar-refractivity contribution in [2.45, 2.75) is 25.1 Å². The number of rotatable bonds is 2. The van der Waals surface area contributed by atoms with Crippen LogP contribution < -0.4 is 4.90 Å². The predicted molar refractivity (Wildman–Crippen MR) is 63.9 cm³/mol. The van der Waals surface area contributed by atoms with Gasteiger partial charge >= 0.3 is 12.2 Å². The van der Waals surface area contributed by atoms with Crippen LogP contribution in [0.3, 0.4) is 0 Å². The highest BCUT2D eigenvalue weighted by Gasteiger charge is 2.42. The van der Waals surface area contributed by atoms with Crippen molar-refractivity contribution in [2.24, 2.45) is 0 Å². The van der Waals surface area contributed by atoms with Crippen molar-refractivity contribution in [2.75, 3.05) is 18.0 Å². The van der Waals surface area contributed by atoms with Crippen LogP contribution in [0, 0.1) is 0 Å². The van der Waals surface area contributed by atoms with Crippen molar-refractivity contribution >= 4 is 11.7 Å².